The molecule has 0 aromatic carbocycles. The molecule has 0 saturated carbocycles. The molecule has 1 aliphatic rings. The number of rotatable bonds is 22. The van der Waals surface area contributed by atoms with E-state index in [-0.39, 0.29) is 0 Å². The summed E-state index contributed by atoms with van der Waals surface area (Å²) < 4.78 is 0. The van der Waals surface area contributed by atoms with E-state index in [0.717, 1.165) is 0 Å². The van der Waals surface area contributed by atoms with Crippen LogP contribution in [0.3, 0.4) is 0 Å². The Hall–Kier alpha value is -0.660. The molecule has 2 nitrogen and oxygen atoms in total. The number of unbranched alkanes of at least 4 members (excludes halogenated alkanes) is 16. The highest BCUT2D eigenvalue weighted by Crippen LogP contribution is 2.23. The second-order valence-corrected chi connectivity index (χ2v) is 9.70. The van der Waals surface area contributed by atoms with E-state index in [0.29, 0.717) is 6.17 Å². The normalized spacial score (nSPS) is 16.2. The van der Waals surface area contributed by atoms with Gasteiger partial charge < -0.3 is 9.80 Å². The lowest BCUT2D eigenvalue weighted by Gasteiger charge is -2.33. The predicted octanol–water partition coefficient (Wildman–Crippen LogP) is 9.26. The highest BCUT2D eigenvalue weighted by molar-refractivity contribution is 4.96. The predicted molar refractivity (Wildman–Crippen MR) is 136 cm³/mol. The van der Waals surface area contributed by atoms with Gasteiger partial charge in [0.05, 0.1) is 0 Å². The van der Waals surface area contributed by atoms with Crippen molar-refractivity contribution in [1.82, 2.24) is 9.80 Å². The summed E-state index contributed by atoms with van der Waals surface area (Å²) in [5, 5.41) is 0. The smallest absolute Gasteiger partial charge is 0.101 e. The largest absolute Gasteiger partial charge is 0.356 e. The summed E-state index contributed by atoms with van der Waals surface area (Å²) in [5.41, 5.74) is 0. The van der Waals surface area contributed by atoms with Crippen LogP contribution in [0.5, 0.6) is 0 Å². The SMILES string of the molecule is CCCCCCCCCCCCCCC1N(CCC)C=CN1CCCCCCCC. The Kier molecular flexibility index (Phi) is 18.5. The molecule has 178 valence electrons. The maximum Gasteiger partial charge on any atom is 0.101 e. The molecule has 1 unspecified atom stereocenters. The third-order valence-electron chi connectivity index (χ3n) is 6.78. The minimum atomic E-state index is 0.642. The molecule has 0 radical (unpaired) electrons. The van der Waals surface area contributed by atoms with Gasteiger partial charge in [-0.15, -0.1) is 0 Å². The number of nitrogens with zero attached hydrogens (tertiary/aromatic N) is 2. The van der Waals surface area contributed by atoms with Crippen molar-refractivity contribution in [3.05, 3.63) is 12.4 Å². The van der Waals surface area contributed by atoms with Gasteiger partial charge in [-0.3, -0.25) is 0 Å². The van der Waals surface area contributed by atoms with E-state index in [1.54, 1.807) is 0 Å². The molecule has 1 atom stereocenters. The van der Waals surface area contributed by atoms with Gasteiger partial charge in [-0.2, -0.15) is 0 Å². The van der Waals surface area contributed by atoms with E-state index < -0.39 is 0 Å². The fourth-order valence-electron chi connectivity index (χ4n) is 4.84. The topological polar surface area (TPSA) is 6.48 Å². The van der Waals surface area contributed by atoms with Gasteiger partial charge in [0.15, 0.2) is 0 Å². The van der Waals surface area contributed by atoms with E-state index in [2.05, 4.69) is 43.0 Å². The lowest BCUT2D eigenvalue weighted by molar-refractivity contribution is 0.137. The van der Waals surface area contributed by atoms with Gasteiger partial charge in [0, 0.05) is 25.5 Å². The molecule has 0 aromatic heterocycles. The quantitative estimate of drug-likeness (QED) is 0.161. The van der Waals surface area contributed by atoms with Crippen LogP contribution in [0.15, 0.2) is 12.4 Å². The molecule has 30 heavy (non-hydrogen) atoms. The molecule has 1 rings (SSSR count). The lowest BCUT2D eigenvalue weighted by Crippen LogP contribution is -2.39. The van der Waals surface area contributed by atoms with Crippen molar-refractivity contribution in [2.24, 2.45) is 0 Å². The van der Waals surface area contributed by atoms with Gasteiger partial charge in [-0.25, -0.2) is 0 Å². The van der Waals surface area contributed by atoms with E-state index in [4.69, 9.17) is 0 Å². The van der Waals surface area contributed by atoms with Crippen LogP contribution in [-0.2, 0) is 0 Å². The average molecular weight is 421 g/mol. The fourth-order valence-corrected chi connectivity index (χ4v) is 4.84. The maximum atomic E-state index is 2.65. The Morgan fingerprint density at radius 2 is 0.833 bits per heavy atom. The summed E-state index contributed by atoms with van der Waals surface area (Å²) in [7, 11) is 0. The van der Waals surface area contributed by atoms with Crippen molar-refractivity contribution < 1.29 is 0 Å². The van der Waals surface area contributed by atoms with Crippen LogP contribution in [-0.4, -0.2) is 29.1 Å². The van der Waals surface area contributed by atoms with Gasteiger partial charge in [-0.1, -0.05) is 124 Å². The zero-order valence-electron chi connectivity index (χ0n) is 21.2. The first-order chi connectivity index (χ1) is 14.8. The highest BCUT2D eigenvalue weighted by Gasteiger charge is 2.24. The molecule has 1 aliphatic heterocycles. The van der Waals surface area contributed by atoms with Gasteiger partial charge in [0.1, 0.15) is 6.17 Å². The lowest BCUT2D eigenvalue weighted by atomic mass is 10.0. The van der Waals surface area contributed by atoms with Crippen molar-refractivity contribution >= 4 is 0 Å². The summed E-state index contributed by atoms with van der Waals surface area (Å²) in [6, 6.07) is 0. The summed E-state index contributed by atoms with van der Waals surface area (Å²) in [5.74, 6) is 0. The molecule has 0 amide bonds. The van der Waals surface area contributed by atoms with Crippen molar-refractivity contribution in [2.45, 2.75) is 155 Å². The van der Waals surface area contributed by atoms with Crippen LogP contribution in [0.2, 0.25) is 0 Å². The first-order valence-corrected chi connectivity index (χ1v) is 14.0. The Morgan fingerprint density at radius 1 is 0.433 bits per heavy atom. The van der Waals surface area contributed by atoms with Crippen LogP contribution in [0.1, 0.15) is 149 Å². The Labute approximate surface area is 190 Å². The molecule has 2 heteroatoms. The van der Waals surface area contributed by atoms with Crippen LogP contribution in [0.4, 0.5) is 0 Å². The highest BCUT2D eigenvalue weighted by atomic mass is 15.4. The second kappa shape index (κ2) is 20.3. The molecular weight excluding hydrogens is 364 g/mol. The Balaban J connectivity index is 2.08. The van der Waals surface area contributed by atoms with E-state index in [1.807, 2.05) is 0 Å². The third kappa shape index (κ3) is 13.6. The minimum absolute atomic E-state index is 0.642. The van der Waals surface area contributed by atoms with Gasteiger partial charge >= 0.3 is 0 Å². The van der Waals surface area contributed by atoms with Gasteiger partial charge in [-0.05, 0) is 25.7 Å². The first-order valence-electron chi connectivity index (χ1n) is 14.0. The third-order valence-corrected chi connectivity index (χ3v) is 6.78. The summed E-state index contributed by atoms with van der Waals surface area (Å²) >= 11 is 0. The molecule has 0 aromatic rings. The summed E-state index contributed by atoms with van der Waals surface area (Å²) in [6.45, 7) is 9.39. The Bertz CT molecular complexity index is 379. The van der Waals surface area contributed by atoms with Crippen LogP contribution in [0, 0.1) is 0 Å². The average Bonchev–Trinajstić information content (AvgIpc) is 3.13. The summed E-state index contributed by atoms with van der Waals surface area (Å²) in [6.07, 6.45) is 33.7. The van der Waals surface area contributed by atoms with Gasteiger partial charge in [0.2, 0.25) is 0 Å². The van der Waals surface area contributed by atoms with Crippen molar-refractivity contribution in [3.8, 4) is 0 Å². The zero-order chi connectivity index (χ0) is 21.7. The molecule has 0 saturated heterocycles. The monoisotopic (exact) mass is 420 g/mol. The standard InChI is InChI=1S/C28H56N2/c1-4-7-9-11-13-14-15-16-17-18-19-21-23-28-29(24-6-3)26-27-30(28)25-22-20-12-10-8-5-2/h26-28H,4-25H2,1-3H3. The van der Waals surface area contributed by atoms with Crippen LogP contribution in [0.25, 0.3) is 0 Å². The van der Waals surface area contributed by atoms with Gasteiger partial charge in [0.25, 0.3) is 0 Å². The van der Waals surface area contributed by atoms with Crippen LogP contribution < -0.4 is 0 Å². The summed E-state index contributed by atoms with van der Waals surface area (Å²) in [4.78, 5) is 5.25. The van der Waals surface area contributed by atoms with E-state index >= 15 is 0 Å². The first kappa shape index (κ1) is 27.4. The molecule has 0 N–H and O–H groups in total. The van der Waals surface area contributed by atoms with E-state index in [1.165, 1.54) is 142 Å². The minimum Gasteiger partial charge on any atom is -0.356 e. The molecular formula is C28H56N2. The molecule has 0 aliphatic carbocycles. The van der Waals surface area contributed by atoms with E-state index in [9.17, 15) is 0 Å². The second-order valence-electron chi connectivity index (χ2n) is 9.70. The fraction of sp³-hybridized carbons (Fsp3) is 0.929. The Morgan fingerprint density at radius 3 is 1.30 bits per heavy atom. The molecule has 0 spiro atoms. The van der Waals surface area contributed by atoms with Crippen molar-refractivity contribution in [1.29, 1.82) is 0 Å². The van der Waals surface area contributed by atoms with Crippen molar-refractivity contribution in [2.75, 3.05) is 13.1 Å². The maximum absolute atomic E-state index is 2.65. The number of hydrogen-bond donors (Lipinski definition) is 0. The van der Waals surface area contributed by atoms with Crippen LogP contribution >= 0.6 is 0 Å². The molecule has 0 fully saturated rings. The number of hydrogen-bond acceptors (Lipinski definition) is 2. The zero-order valence-corrected chi connectivity index (χ0v) is 21.2. The van der Waals surface area contributed by atoms with Crippen molar-refractivity contribution in [3.63, 3.8) is 0 Å². The molecule has 0 bridgehead atoms. The molecule has 1 heterocycles.